The van der Waals surface area contributed by atoms with Gasteiger partial charge in [-0.25, -0.2) is 0 Å². The highest BCUT2D eigenvalue weighted by atomic mass is 16.6. The maximum absolute atomic E-state index is 10.6. The van der Waals surface area contributed by atoms with Gasteiger partial charge in [0.05, 0.1) is 4.92 Å². The van der Waals surface area contributed by atoms with Crippen molar-refractivity contribution < 1.29 is 10.1 Å². The van der Waals surface area contributed by atoms with Crippen LogP contribution in [0.1, 0.15) is 24.8 Å². The molecule has 0 unspecified atom stereocenters. The molecule has 0 aliphatic carbocycles. The zero-order chi connectivity index (χ0) is 13.0. The van der Waals surface area contributed by atoms with Crippen molar-refractivity contribution in [3.05, 3.63) is 39.9 Å². The van der Waals surface area contributed by atoms with Gasteiger partial charge >= 0.3 is 0 Å². The molecule has 0 atom stereocenters. The highest BCUT2D eigenvalue weighted by Crippen LogP contribution is 2.17. The van der Waals surface area contributed by atoms with Crippen molar-refractivity contribution in [2.45, 2.75) is 19.3 Å². The summed E-state index contributed by atoms with van der Waals surface area (Å²) in [5.41, 5.74) is 0.736. The maximum Gasteiger partial charge on any atom is 0.269 e. The number of hydrogen-bond acceptors (Lipinski definition) is 4. The lowest BCUT2D eigenvalue weighted by Gasteiger charge is -2.28. The first-order valence-electron chi connectivity index (χ1n) is 5.94. The van der Waals surface area contributed by atoms with Crippen molar-refractivity contribution in [3.8, 4) is 0 Å². The molecule has 1 aliphatic heterocycles. The number of non-ortho nitro benzene ring substituents is 1. The fraction of sp³-hybridized carbons (Fsp3) is 0.417. The van der Waals surface area contributed by atoms with Crippen molar-refractivity contribution in [2.24, 2.45) is 5.16 Å². The van der Waals surface area contributed by atoms with Gasteiger partial charge in [0.2, 0.25) is 0 Å². The Hall–Kier alpha value is -2.11. The first-order chi connectivity index (χ1) is 8.72. The zero-order valence-corrected chi connectivity index (χ0v) is 9.95. The summed E-state index contributed by atoms with van der Waals surface area (Å²) in [5, 5.41) is 23.0. The number of benzene rings is 1. The fourth-order valence-corrected chi connectivity index (χ4v) is 2.14. The molecule has 6 nitrogen and oxygen atoms in total. The van der Waals surface area contributed by atoms with Gasteiger partial charge in [0.1, 0.15) is 0 Å². The molecule has 0 aromatic heterocycles. The molecular formula is C12H15N3O3. The van der Waals surface area contributed by atoms with Gasteiger partial charge in [-0.15, -0.1) is 0 Å². The molecule has 1 aromatic carbocycles. The topological polar surface area (TPSA) is 79.0 Å². The molecule has 1 N–H and O–H groups in total. The van der Waals surface area contributed by atoms with Crippen LogP contribution in [-0.2, 0) is 0 Å². The summed E-state index contributed by atoms with van der Waals surface area (Å²) >= 11 is 0. The van der Waals surface area contributed by atoms with E-state index < -0.39 is 4.92 Å². The summed E-state index contributed by atoms with van der Waals surface area (Å²) in [6.07, 6.45) is 3.34. The van der Waals surface area contributed by atoms with Crippen LogP contribution in [0.25, 0.3) is 0 Å². The number of oxime groups is 1. The highest BCUT2D eigenvalue weighted by molar-refractivity contribution is 5.98. The van der Waals surface area contributed by atoms with E-state index in [1.807, 2.05) is 4.90 Å². The lowest BCUT2D eigenvalue weighted by Crippen LogP contribution is -2.36. The lowest BCUT2D eigenvalue weighted by atomic mass is 10.1. The quantitative estimate of drug-likeness (QED) is 0.286. The predicted octanol–water partition coefficient (Wildman–Crippen LogP) is 2.22. The molecule has 2 rings (SSSR count). The van der Waals surface area contributed by atoms with E-state index in [0.29, 0.717) is 11.4 Å². The van der Waals surface area contributed by atoms with E-state index in [0.717, 1.165) is 25.9 Å². The van der Waals surface area contributed by atoms with E-state index in [-0.39, 0.29) is 5.69 Å². The van der Waals surface area contributed by atoms with Crippen LogP contribution in [-0.4, -0.2) is 34.0 Å². The molecule has 0 saturated carbocycles. The van der Waals surface area contributed by atoms with Gasteiger partial charge in [-0.05, 0) is 31.4 Å². The normalized spacial score (nSPS) is 16.7. The Kier molecular flexibility index (Phi) is 3.76. The van der Waals surface area contributed by atoms with Gasteiger partial charge in [-0.1, -0.05) is 5.16 Å². The van der Waals surface area contributed by atoms with Crippen LogP contribution < -0.4 is 0 Å². The SMILES string of the molecule is O=[N+]([O-])c1ccc(C(=NO)N2CCCCC2)cc1. The molecule has 1 fully saturated rings. The number of nitrogens with zero attached hydrogens (tertiary/aromatic N) is 3. The van der Waals surface area contributed by atoms with E-state index in [9.17, 15) is 10.1 Å². The average molecular weight is 249 g/mol. The van der Waals surface area contributed by atoms with Crippen LogP contribution in [0.3, 0.4) is 0 Å². The van der Waals surface area contributed by atoms with Crippen LogP contribution in [0, 0.1) is 10.1 Å². The third kappa shape index (κ3) is 2.58. The standard InChI is InChI=1S/C12H15N3O3/c16-13-12(14-8-2-1-3-9-14)10-4-6-11(7-5-10)15(17)18/h4-7,16H,1-3,8-9H2. The largest absolute Gasteiger partial charge is 0.409 e. The van der Waals surface area contributed by atoms with Gasteiger partial charge in [-0.2, -0.15) is 0 Å². The van der Waals surface area contributed by atoms with Gasteiger partial charge in [-0.3, -0.25) is 10.1 Å². The van der Waals surface area contributed by atoms with Crippen LogP contribution in [0.15, 0.2) is 29.4 Å². The Bertz CT molecular complexity index is 450. The maximum atomic E-state index is 10.6. The Morgan fingerprint density at radius 2 is 1.83 bits per heavy atom. The van der Waals surface area contributed by atoms with Crippen molar-refractivity contribution in [1.82, 2.24) is 4.90 Å². The van der Waals surface area contributed by atoms with E-state index in [2.05, 4.69) is 5.16 Å². The van der Waals surface area contributed by atoms with Crippen molar-refractivity contribution >= 4 is 11.5 Å². The smallest absolute Gasteiger partial charge is 0.269 e. The third-order valence-electron chi connectivity index (χ3n) is 3.09. The van der Waals surface area contributed by atoms with Crippen molar-refractivity contribution in [3.63, 3.8) is 0 Å². The second-order valence-electron chi connectivity index (χ2n) is 4.28. The first kappa shape index (κ1) is 12.3. The molecule has 1 aromatic rings. The molecule has 18 heavy (non-hydrogen) atoms. The summed E-state index contributed by atoms with van der Waals surface area (Å²) in [6.45, 7) is 1.72. The second kappa shape index (κ2) is 5.48. The van der Waals surface area contributed by atoms with Gasteiger partial charge in [0.15, 0.2) is 5.84 Å². The Morgan fingerprint density at radius 3 is 2.33 bits per heavy atom. The zero-order valence-electron chi connectivity index (χ0n) is 9.95. The second-order valence-corrected chi connectivity index (χ2v) is 4.28. The Labute approximate surface area is 105 Å². The molecule has 1 aliphatic rings. The van der Waals surface area contributed by atoms with Gasteiger partial charge < -0.3 is 10.1 Å². The number of hydrogen-bond donors (Lipinski definition) is 1. The van der Waals surface area contributed by atoms with Gasteiger partial charge in [0.25, 0.3) is 5.69 Å². The number of nitro benzene ring substituents is 1. The number of nitro groups is 1. The molecule has 96 valence electrons. The summed E-state index contributed by atoms with van der Waals surface area (Å²) in [5.74, 6) is 0.490. The molecule has 0 amide bonds. The molecule has 0 radical (unpaired) electrons. The molecule has 1 saturated heterocycles. The molecule has 0 bridgehead atoms. The monoisotopic (exact) mass is 249 g/mol. The number of amidine groups is 1. The minimum Gasteiger partial charge on any atom is -0.409 e. The molecular weight excluding hydrogens is 234 g/mol. The highest BCUT2D eigenvalue weighted by Gasteiger charge is 2.17. The first-order valence-corrected chi connectivity index (χ1v) is 5.94. The summed E-state index contributed by atoms with van der Waals surface area (Å²) in [4.78, 5) is 12.1. The van der Waals surface area contributed by atoms with E-state index in [1.54, 1.807) is 12.1 Å². The number of piperidine rings is 1. The Morgan fingerprint density at radius 1 is 1.22 bits per heavy atom. The van der Waals surface area contributed by atoms with E-state index >= 15 is 0 Å². The van der Waals surface area contributed by atoms with Gasteiger partial charge in [0, 0.05) is 30.8 Å². The van der Waals surface area contributed by atoms with Crippen molar-refractivity contribution in [1.29, 1.82) is 0 Å². The number of rotatable bonds is 2. The minimum atomic E-state index is -0.444. The van der Waals surface area contributed by atoms with E-state index in [4.69, 9.17) is 5.21 Å². The third-order valence-corrected chi connectivity index (χ3v) is 3.09. The predicted molar refractivity (Wildman–Crippen MR) is 66.8 cm³/mol. The summed E-state index contributed by atoms with van der Waals surface area (Å²) in [6, 6.07) is 6.07. The van der Waals surface area contributed by atoms with Crippen LogP contribution in [0.2, 0.25) is 0 Å². The van der Waals surface area contributed by atoms with E-state index in [1.165, 1.54) is 18.6 Å². The van der Waals surface area contributed by atoms with Crippen molar-refractivity contribution in [2.75, 3.05) is 13.1 Å². The fourth-order valence-electron chi connectivity index (χ4n) is 2.14. The average Bonchev–Trinajstić information content (AvgIpc) is 2.41. The van der Waals surface area contributed by atoms with Crippen LogP contribution >= 0.6 is 0 Å². The molecule has 1 heterocycles. The lowest BCUT2D eigenvalue weighted by molar-refractivity contribution is -0.384. The number of likely N-dealkylation sites (tertiary alicyclic amines) is 1. The summed E-state index contributed by atoms with van der Waals surface area (Å²) in [7, 11) is 0. The molecule has 0 spiro atoms. The van der Waals surface area contributed by atoms with Crippen LogP contribution in [0.4, 0.5) is 5.69 Å². The Balaban J connectivity index is 2.19. The minimum absolute atomic E-state index is 0.0367. The molecule has 6 heteroatoms. The summed E-state index contributed by atoms with van der Waals surface area (Å²) < 4.78 is 0. The van der Waals surface area contributed by atoms with Crippen LogP contribution in [0.5, 0.6) is 0 Å².